The maximum atomic E-state index is 11.3. The number of carbonyl (C=O) groups is 1. The van der Waals surface area contributed by atoms with Crippen LogP contribution in [-0.2, 0) is 0 Å². The van der Waals surface area contributed by atoms with Gasteiger partial charge in [-0.05, 0) is 37.1 Å². The number of aliphatic hydroxyl groups excluding tert-OH is 1. The highest BCUT2D eigenvalue weighted by molar-refractivity contribution is 5.97. The first-order valence-corrected chi connectivity index (χ1v) is 8.46. The number of rotatable bonds is 3. The van der Waals surface area contributed by atoms with Gasteiger partial charge in [-0.15, -0.1) is 0 Å². The number of likely N-dealkylation sites (tertiary alicyclic amines) is 1. The molecule has 2 aromatic rings. The summed E-state index contributed by atoms with van der Waals surface area (Å²) in [6.45, 7) is 1.65. The first-order valence-electron chi connectivity index (χ1n) is 8.46. The summed E-state index contributed by atoms with van der Waals surface area (Å²) in [5.41, 5.74) is 6.92. The van der Waals surface area contributed by atoms with Gasteiger partial charge in [0.05, 0.1) is 12.1 Å². The molecule has 2 heterocycles. The summed E-state index contributed by atoms with van der Waals surface area (Å²) in [6, 6.07) is 8.22. The van der Waals surface area contributed by atoms with Gasteiger partial charge in [-0.1, -0.05) is 12.8 Å². The fourth-order valence-electron chi connectivity index (χ4n) is 4.25. The minimum atomic E-state index is -0.409. The van der Waals surface area contributed by atoms with Crippen LogP contribution in [0.25, 0.3) is 10.9 Å². The summed E-state index contributed by atoms with van der Waals surface area (Å²) in [5.74, 6) is -0.409. The normalized spacial score (nSPS) is 26.3. The Kier molecular flexibility index (Phi) is 3.62. The Morgan fingerprint density at radius 3 is 2.70 bits per heavy atom. The quantitative estimate of drug-likeness (QED) is 0.909. The Morgan fingerprint density at radius 1 is 1.17 bits per heavy atom. The number of hydrogen-bond acceptors (Lipinski definition) is 3. The van der Waals surface area contributed by atoms with Crippen molar-refractivity contribution in [3.63, 3.8) is 0 Å². The molecule has 2 atom stereocenters. The number of hydrogen-bond donors (Lipinski definition) is 2. The van der Waals surface area contributed by atoms with Crippen LogP contribution in [-0.4, -0.2) is 45.7 Å². The van der Waals surface area contributed by atoms with Gasteiger partial charge in [0.15, 0.2) is 0 Å². The van der Waals surface area contributed by atoms with Crippen LogP contribution in [0, 0.1) is 0 Å². The minimum Gasteiger partial charge on any atom is -0.390 e. The molecule has 1 saturated heterocycles. The van der Waals surface area contributed by atoms with E-state index in [0.29, 0.717) is 11.6 Å². The molecule has 5 heteroatoms. The van der Waals surface area contributed by atoms with E-state index >= 15 is 0 Å². The van der Waals surface area contributed by atoms with E-state index < -0.39 is 5.91 Å². The van der Waals surface area contributed by atoms with Crippen molar-refractivity contribution in [2.75, 3.05) is 13.1 Å². The predicted octanol–water partition coefficient (Wildman–Crippen LogP) is 1.90. The highest BCUT2D eigenvalue weighted by atomic mass is 16.3. The molecule has 1 saturated carbocycles. The van der Waals surface area contributed by atoms with Gasteiger partial charge in [-0.25, -0.2) is 0 Å². The number of carbonyl (C=O) groups excluding carboxylic acids is 1. The average Bonchev–Trinajstić information content (AvgIpc) is 3.24. The topological polar surface area (TPSA) is 71.5 Å². The summed E-state index contributed by atoms with van der Waals surface area (Å²) in [7, 11) is 0. The van der Waals surface area contributed by atoms with Crippen LogP contribution >= 0.6 is 0 Å². The Labute approximate surface area is 135 Å². The number of β-amino-alcohol motifs (C(OH)–C–C–N with tert-alkyl or cyclic N) is 1. The van der Waals surface area contributed by atoms with Crippen molar-refractivity contribution < 1.29 is 9.90 Å². The third-order valence-corrected chi connectivity index (χ3v) is 5.49. The van der Waals surface area contributed by atoms with Crippen LogP contribution < -0.4 is 5.73 Å². The molecule has 2 fully saturated rings. The van der Waals surface area contributed by atoms with Crippen molar-refractivity contribution in [1.29, 1.82) is 0 Å². The molecular weight excluding hydrogens is 290 g/mol. The van der Waals surface area contributed by atoms with Gasteiger partial charge in [0, 0.05) is 41.8 Å². The molecule has 1 aromatic carbocycles. The van der Waals surface area contributed by atoms with Gasteiger partial charge in [0.2, 0.25) is 5.91 Å². The third kappa shape index (κ3) is 2.54. The van der Waals surface area contributed by atoms with Crippen LogP contribution in [0.15, 0.2) is 30.5 Å². The molecule has 1 amide bonds. The molecule has 0 unspecified atom stereocenters. The van der Waals surface area contributed by atoms with Crippen molar-refractivity contribution in [3.8, 4) is 0 Å². The first kappa shape index (κ1) is 14.7. The van der Waals surface area contributed by atoms with Crippen LogP contribution in [0.3, 0.4) is 0 Å². The van der Waals surface area contributed by atoms with E-state index in [2.05, 4.69) is 9.47 Å². The van der Waals surface area contributed by atoms with E-state index in [4.69, 9.17) is 5.73 Å². The molecule has 122 valence electrons. The summed E-state index contributed by atoms with van der Waals surface area (Å²) in [4.78, 5) is 13.8. The molecule has 0 bridgehead atoms. The van der Waals surface area contributed by atoms with E-state index in [9.17, 15) is 9.90 Å². The number of nitrogens with two attached hydrogens (primary N) is 1. The largest absolute Gasteiger partial charge is 0.390 e. The fraction of sp³-hybridized carbons (Fsp3) is 0.500. The zero-order chi connectivity index (χ0) is 16.0. The molecule has 1 aliphatic carbocycles. The van der Waals surface area contributed by atoms with Gasteiger partial charge < -0.3 is 15.4 Å². The van der Waals surface area contributed by atoms with E-state index in [1.54, 1.807) is 6.07 Å². The molecular formula is C18H23N3O2. The maximum absolute atomic E-state index is 11.3. The smallest absolute Gasteiger partial charge is 0.248 e. The van der Waals surface area contributed by atoms with Crippen LogP contribution in [0.1, 0.15) is 42.1 Å². The van der Waals surface area contributed by atoms with E-state index in [-0.39, 0.29) is 12.1 Å². The molecule has 0 spiro atoms. The number of fused-ring (bicyclic) bond motifs is 1. The SMILES string of the molecule is NC(=O)c1ccc2c(ccn2[C@@H]2CN(C3CCCC3)C[C@H]2O)c1. The molecule has 4 rings (SSSR count). The van der Waals surface area contributed by atoms with Crippen molar-refractivity contribution in [2.45, 2.75) is 43.9 Å². The fourth-order valence-corrected chi connectivity index (χ4v) is 4.25. The zero-order valence-electron chi connectivity index (χ0n) is 13.2. The molecule has 1 aliphatic heterocycles. The third-order valence-electron chi connectivity index (χ3n) is 5.49. The number of aliphatic hydroxyl groups is 1. The van der Waals surface area contributed by atoms with Gasteiger partial charge in [-0.2, -0.15) is 0 Å². The monoisotopic (exact) mass is 313 g/mol. The van der Waals surface area contributed by atoms with Gasteiger partial charge in [0.25, 0.3) is 0 Å². The Hall–Kier alpha value is -1.85. The highest BCUT2D eigenvalue weighted by Crippen LogP contribution is 2.33. The lowest BCUT2D eigenvalue weighted by Crippen LogP contribution is -2.31. The maximum Gasteiger partial charge on any atom is 0.248 e. The van der Waals surface area contributed by atoms with E-state index in [0.717, 1.165) is 24.0 Å². The molecule has 23 heavy (non-hydrogen) atoms. The lowest BCUT2D eigenvalue weighted by Gasteiger charge is -2.23. The summed E-state index contributed by atoms with van der Waals surface area (Å²) < 4.78 is 2.15. The summed E-state index contributed by atoms with van der Waals surface area (Å²) in [6.07, 6.45) is 6.81. The second-order valence-electron chi connectivity index (χ2n) is 6.89. The Bertz CT molecular complexity index is 733. The summed E-state index contributed by atoms with van der Waals surface area (Å²) in [5, 5.41) is 11.6. The van der Waals surface area contributed by atoms with Gasteiger partial charge in [-0.3, -0.25) is 9.69 Å². The van der Waals surface area contributed by atoms with Gasteiger partial charge >= 0.3 is 0 Å². The van der Waals surface area contributed by atoms with Crippen LogP contribution in [0.4, 0.5) is 0 Å². The zero-order valence-corrected chi connectivity index (χ0v) is 13.2. The van der Waals surface area contributed by atoms with Crippen molar-refractivity contribution >= 4 is 16.8 Å². The number of amides is 1. The molecule has 2 aliphatic rings. The van der Waals surface area contributed by atoms with E-state index in [1.165, 1.54) is 25.7 Å². The Morgan fingerprint density at radius 2 is 1.96 bits per heavy atom. The molecule has 1 aromatic heterocycles. The second-order valence-corrected chi connectivity index (χ2v) is 6.89. The lowest BCUT2D eigenvalue weighted by atomic mass is 10.1. The lowest BCUT2D eigenvalue weighted by molar-refractivity contribution is 0.100. The minimum absolute atomic E-state index is 0.0764. The molecule has 5 nitrogen and oxygen atoms in total. The van der Waals surface area contributed by atoms with Crippen molar-refractivity contribution in [1.82, 2.24) is 9.47 Å². The Balaban J connectivity index is 1.62. The number of nitrogens with zero attached hydrogens (tertiary/aromatic N) is 2. The standard InChI is InChI=1S/C18H23N3O2/c19-18(23)13-5-6-15-12(9-13)7-8-21(15)16-10-20(11-17(16)22)14-3-1-2-4-14/h5-9,14,16-17,22H,1-4,10-11H2,(H2,19,23)/t16-,17-/m1/s1. The highest BCUT2D eigenvalue weighted by Gasteiger charge is 2.37. The summed E-state index contributed by atoms with van der Waals surface area (Å²) >= 11 is 0. The number of primary amides is 1. The van der Waals surface area contributed by atoms with Gasteiger partial charge in [0.1, 0.15) is 0 Å². The van der Waals surface area contributed by atoms with Crippen molar-refractivity contribution in [2.24, 2.45) is 5.73 Å². The number of benzene rings is 1. The predicted molar refractivity (Wildman–Crippen MR) is 89.3 cm³/mol. The number of aromatic nitrogens is 1. The van der Waals surface area contributed by atoms with Crippen LogP contribution in [0.5, 0.6) is 0 Å². The van der Waals surface area contributed by atoms with Crippen molar-refractivity contribution in [3.05, 3.63) is 36.0 Å². The average molecular weight is 313 g/mol. The van der Waals surface area contributed by atoms with Crippen LogP contribution in [0.2, 0.25) is 0 Å². The molecule has 0 radical (unpaired) electrons. The molecule has 3 N–H and O–H groups in total. The second kappa shape index (κ2) is 5.65. The van der Waals surface area contributed by atoms with E-state index in [1.807, 2.05) is 24.4 Å². The first-order chi connectivity index (χ1) is 11.1.